The Hall–Kier alpha value is -1.61. The molecule has 2 aromatic rings. The van der Waals surface area contributed by atoms with E-state index in [-0.39, 0.29) is 24.0 Å². The maximum atomic E-state index is 5.97. The summed E-state index contributed by atoms with van der Waals surface area (Å²) in [5.74, 6) is 1.46. The zero-order valence-corrected chi connectivity index (χ0v) is 19.1. The molecule has 1 fully saturated rings. The van der Waals surface area contributed by atoms with Crippen LogP contribution in [0.25, 0.3) is 0 Å². The van der Waals surface area contributed by atoms with Gasteiger partial charge in [-0.1, -0.05) is 17.7 Å². The third-order valence-electron chi connectivity index (χ3n) is 4.57. The van der Waals surface area contributed by atoms with Crippen LogP contribution in [0.2, 0.25) is 5.15 Å². The van der Waals surface area contributed by atoms with Gasteiger partial charge in [0.25, 0.3) is 0 Å². The fourth-order valence-electron chi connectivity index (χ4n) is 3.09. The number of aromatic nitrogens is 2. The summed E-state index contributed by atoms with van der Waals surface area (Å²) in [5, 5.41) is 7.14. The number of ether oxygens (including phenoxy) is 1. The molecule has 1 saturated carbocycles. The molecule has 0 atom stereocenters. The van der Waals surface area contributed by atoms with E-state index in [1.165, 1.54) is 12.8 Å². The summed E-state index contributed by atoms with van der Waals surface area (Å²) >= 11 is 5.81. The Morgan fingerprint density at radius 2 is 2.00 bits per heavy atom. The van der Waals surface area contributed by atoms with E-state index in [1.54, 1.807) is 25.5 Å². The number of nitrogens with zero attached hydrogens (tertiary/aromatic N) is 3. The highest BCUT2D eigenvalue weighted by Crippen LogP contribution is 2.23. The van der Waals surface area contributed by atoms with E-state index in [9.17, 15) is 0 Å². The Kier molecular flexibility index (Phi) is 9.77. The number of hydrogen-bond acceptors (Lipinski definition) is 4. The second kappa shape index (κ2) is 12.1. The molecule has 0 unspecified atom stereocenters. The molecule has 0 spiro atoms. The van der Waals surface area contributed by atoms with Crippen molar-refractivity contribution in [1.29, 1.82) is 0 Å². The van der Waals surface area contributed by atoms with Crippen LogP contribution in [0.1, 0.15) is 36.8 Å². The van der Waals surface area contributed by atoms with E-state index in [4.69, 9.17) is 16.3 Å². The van der Waals surface area contributed by atoms with Crippen LogP contribution in [0.15, 0.2) is 41.7 Å². The minimum atomic E-state index is 0. The minimum absolute atomic E-state index is 0. The van der Waals surface area contributed by atoms with Crippen LogP contribution in [-0.2, 0) is 13.0 Å². The first-order valence-corrected chi connectivity index (χ1v) is 9.77. The molecule has 0 bridgehead atoms. The molecular formula is C20H27ClIN5O. The molecule has 0 amide bonds. The fraction of sp³-hybridized carbons (Fsp3) is 0.450. The highest BCUT2D eigenvalue weighted by atomic mass is 127. The zero-order chi connectivity index (χ0) is 18.9. The summed E-state index contributed by atoms with van der Waals surface area (Å²) in [4.78, 5) is 12.7. The summed E-state index contributed by atoms with van der Waals surface area (Å²) < 4.78 is 5.97. The lowest BCUT2D eigenvalue weighted by Crippen LogP contribution is -2.37. The Bertz CT molecular complexity index is 751. The molecule has 1 aliphatic carbocycles. The molecule has 2 heterocycles. The van der Waals surface area contributed by atoms with Gasteiger partial charge in [0.05, 0.1) is 0 Å². The number of halogens is 2. The quantitative estimate of drug-likeness (QED) is 0.253. The predicted octanol–water partition coefficient (Wildman–Crippen LogP) is 3.98. The van der Waals surface area contributed by atoms with Gasteiger partial charge in [-0.05, 0) is 55.4 Å². The second-order valence-electron chi connectivity index (χ2n) is 6.62. The Balaban J connectivity index is 0.00000280. The molecule has 0 saturated heterocycles. The molecule has 2 N–H and O–H groups in total. The summed E-state index contributed by atoms with van der Waals surface area (Å²) in [7, 11) is 1.76. The van der Waals surface area contributed by atoms with Gasteiger partial charge in [0.2, 0.25) is 5.88 Å². The number of rotatable bonds is 7. The Labute approximate surface area is 188 Å². The first kappa shape index (κ1) is 22.7. The van der Waals surface area contributed by atoms with Gasteiger partial charge < -0.3 is 15.4 Å². The molecule has 28 heavy (non-hydrogen) atoms. The summed E-state index contributed by atoms with van der Waals surface area (Å²) in [6, 6.07) is 7.77. The topological polar surface area (TPSA) is 71.4 Å². The first-order valence-electron chi connectivity index (χ1n) is 9.39. The molecule has 0 aromatic carbocycles. The lowest BCUT2D eigenvalue weighted by Gasteiger charge is -2.14. The monoisotopic (exact) mass is 515 g/mol. The van der Waals surface area contributed by atoms with Crippen LogP contribution < -0.4 is 15.4 Å². The molecule has 2 aromatic heterocycles. The lowest BCUT2D eigenvalue weighted by atomic mass is 10.2. The highest BCUT2D eigenvalue weighted by molar-refractivity contribution is 14.0. The molecule has 1 aliphatic rings. The standard InChI is InChI=1S/C20H26ClN5O.HI/c1-22-20(24-11-8-15-6-7-18(21)25-13-15)26-14-16-9-10-23-19(12-16)27-17-4-2-3-5-17;/h6-7,9-10,12-13,17H,2-5,8,11,14H2,1H3,(H2,22,24,26);1H. The third-order valence-corrected chi connectivity index (χ3v) is 4.79. The Morgan fingerprint density at radius 1 is 1.18 bits per heavy atom. The fourth-order valence-corrected chi connectivity index (χ4v) is 3.20. The smallest absolute Gasteiger partial charge is 0.213 e. The van der Waals surface area contributed by atoms with Crippen LogP contribution in [0, 0.1) is 0 Å². The first-order chi connectivity index (χ1) is 13.2. The van der Waals surface area contributed by atoms with Gasteiger partial charge in [0.1, 0.15) is 11.3 Å². The van der Waals surface area contributed by atoms with E-state index in [1.807, 2.05) is 18.2 Å². The van der Waals surface area contributed by atoms with Gasteiger partial charge >= 0.3 is 0 Å². The van der Waals surface area contributed by atoms with Crippen molar-refractivity contribution in [1.82, 2.24) is 20.6 Å². The summed E-state index contributed by atoms with van der Waals surface area (Å²) in [6.45, 7) is 1.42. The SMILES string of the molecule is CN=C(NCCc1ccc(Cl)nc1)NCc1ccnc(OC2CCCC2)c1.I. The predicted molar refractivity (Wildman–Crippen MR) is 124 cm³/mol. The summed E-state index contributed by atoms with van der Waals surface area (Å²) in [5.41, 5.74) is 2.24. The average Bonchev–Trinajstić information content (AvgIpc) is 3.19. The van der Waals surface area contributed by atoms with E-state index < -0.39 is 0 Å². The molecule has 3 rings (SSSR count). The van der Waals surface area contributed by atoms with Gasteiger partial charge in [-0.2, -0.15) is 0 Å². The van der Waals surface area contributed by atoms with Gasteiger partial charge in [0, 0.05) is 38.6 Å². The van der Waals surface area contributed by atoms with Gasteiger partial charge in [0.15, 0.2) is 5.96 Å². The van der Waals surface area contributed by atoms with Crippen molar-refractivity contribution in [3.8, 4) is 5.88 Å². The second-order valence-corrected chi connectivity index (χ2v) is 7.01. The van der Waals surface area contributed by atoms with Crippen molar-refractivity contribution < 1.29 is 4.74 Å². The molecule has 6 nitrogen and oxygen atoms in total. The minimum Gasteiger partial charge on any atom is -0.474 e. The zero-order valence-electron chi connectivity index (χ0n) is 16.0. The number of pyridine rings is 2. The normalized spacial score (nSPS) is 14.4. The number of hydrogen-bond donors (Lipinski definition) is 2. The van der Waals surface area contributed by atoms with E-state index in [2.05, 4.69) is 25.6 Å². The number of guanidine groups is 1. The average molecular weight is 516 g/mol. The number of nitrogens with one attached hydrogen (secondary N) is 2. The maximum absolute atomic E-state index is 5.97. The van der Waals surface area contributed by atoms with E-state index in [0.29, 0.717) is 23.7 Å². The van der Waals surface area contributed by atoms with Crippen LogP contribution in [-0.4, -0.2) is 35.6 Å². The van der Waals surface area contributed by atoms with Gasteiger partial charge in [-0.15, -0.1) is 24.0 Å². The van der Waals surface area contributed by atoms with Crippen molar-refractivity contribution >= 4 is 41.5 Å². The highest BCUT2D eigenvalue weighted by Gasteiger charge is 2.17. The Morgan fingerprint density at radius 3 is 2.71 bits per heavy atom. The van der Waals surface area contributed by atoms with Gasteiger partial charge in [-0.25, -0.2) is 9.97 Å². The maximum Gasteiger partial charge on any atom is 0.213 e. The van der Waals surface area contributed by atoms with Crippen molar-refractivity contribution in [2.45, 2.75) is 44.8 Å². The molecular weight excluding hydrogens is 489 g/mol. The van der Waals surface area contributed by atoms with Crippen molar-refractivity contribution in [3.63, 3.8) is 0 Å². The molecule has 152 valence electrons. The van der Waals surface area contributed by atoms with E-state index in [0.717, 1.165) is 42.9 Å². The van der Waals surface area contributed by atoms with Gasteiger partial charge in [-0.3, -0.25) is 4.99 Å². The molecule has 0 aliphatic heterocycles. The number of aliphatic imine (C=N–C) groups is 1. The molecule has 0 radical (unpaired) electrons. The largest absolute Gasteiger partial charge is 0.474 e. The third kappa shape index (κ3) is 7.43. The van der Waals surface area contributed by atoms with Crippen LogP contribution in [0.5, 0.6) is 5.88 Å². The van der Waals surface area contributed by atoms with Crippen molar-refractivity contribution in [2.24, 2.45) is 4.99 Å². The summed E-state index contributed by atoms with van der Waals surface area (Å²) in [6.07, 6.45) is 9.51. The lowest BCUT2D eigenvalue weighted by molar-refractivity contribution is 0.201. The van der Waals surface area contributed by atoms with Crippen LogP contribution in [0.4, 0.5) is 0 Å². The van der Waals surface area contributed by atoms with E-state index >= 15 is 0 Å². The van der Waals surface area contributed by atoms with Crippen LogP contribution >= 0.6 is 35.6 Å². The molecule has 8 heteroatoms. The van der Waals surface area contributed by atoms with Crippen molar-refractivity contribution in [3.05, 3.63) is 52.9 Å². The van der Waals surface area contributed by atoms with Crippen LogP contribution in [0.3, 0.4) is 0 Å². The van der Waals surface area contributed by atoms with Crippen molar-refractivity contribution in [2.75, 3.05) is 13.6 Å².